The second-order valence-corrected chi connectivity index (χ2v) is 3.70. The standard InChI is InChI=1S/C11H15N3.ClH/c1-9-7-14(11(12)13-9)8-10-5-3-2-4-6-10;/h2-6,9H,7-8H2,1H3,(H2,12,13);1H/t9-;/m0./s1. The molecule has 0 spiro atoms. The average molecular weight is 226 g/mol. The monoisotopic (exact) mass is 225 g/mol. The molecule has 2 rings (SSSR count). The number of nitrogens with two attached hydrogens (primary N) is 1. The van der Waals surface area contributed by atoms with Crippen molar-refractivity contribution in [3.05, 3.63) is 35.9 Å². The van der Waals surface area contributed by atoms with E-state index in [1.807, 2.05) is 18.2 Å². The SMILES string of the molecule is C[C@H]1CN(Cc2ccccc2)C(N)=N1.Cl. The minimum atomic E-state index is 0. The fraction of sp³-hybridized carbons (Fsp3) is 0.364. The van der Waals surface area contributed by atoms with Crippen LogP contribution in [0.1, 0.15) is 12.5 Å². The fourth-order valence-electron chi connectivity index (χ4n) is 1.71. The highest BCUT2D eigenvalue weighted by molar-refractivity contribution is 5.85. The third-order valence-electron chi connectivity index (χ3n) is 2.38. The number of halogens is 1. The van der Waals surface area contributed by atoms with Gasteiger partial charge in [-0.2, -0.15) is 0 Å². The molecule has 0 saturated heterocycles. The summed E-state index contributed by atoms with van der Waals surface area (Å²) in [6.07, 6.45) is 0. The first-order valence-corrected chi connectivity index (χ1v) is 4.88. The Balaban J connectivity index is 0.00000112. The molecule has 1 aromatic rings. The molecule has 0 unspecified atom stereocenters. The number of guanidine groups is 1. The normalized spacial score (nSPS) is 19.7. The van der Waals surface area contributed by atoms with Gasteiger partial charge in [0.15, 0.2) is 5.96 Å². The van der Waals surface area contributed by atoms with Gasteiger partial charge in [-0.25, -0.2) is 4.99 Å². The quantitative estimate of drug-likeness (QED) is 0.831. The topological polar surface area (TPSA) is 41.6 Å². The lowest BCUT2D eigenvalue weighted by atomic mass is 10.2. The zero-order valence-corrected chi connectivity index (χ0v) is 9.57. The van der Waals surface area contributed by atoms with E-state index in [-0.39, 0.29) is 12.4 Å². The van der Waals surface area contributed by atoms with E-state index in [0.717, 1.165) is 13.1 Å². The van der Waals surface area contributed by atoms with Gasteiger partial charge >= 0.3 is 0 Å². The molecule has 1 aromatic carbocycles. The van der Waals surface area contributed by atoms with E-state index in [4.69, 9.17) is 5.73 Å². The molecule has 1 heterocycles. The lowest BCUT2D eigenvalue weighted by Gasteiger charge is -2.17. The number of hydrogen-bond acceptors (Lipinski definition) is 3. The van der Waals surface area contributed by atoms with E-state index in [1.54, 1.807) is 0 Å². The maximum Gasteiger partial charge on any atom is 0.191 e. The lowest BCUT2D eigenvalue weighted by molar-refractivity contribution is 0.422. The summed E-state index contributed by atoms with van der Waals surface area (Å²) in [6.45, 7) is 3.87. The van der Waals surface area contributed by atoms with Gasteiger partial charge in [0.2, 0.25) is 0 Å². The van der Waals surface area contributed by atoms with Crippen LogP contribution >= 0.6 is 12.4 Å². The maximum absolute atomic E-state index is 5.79. The lowest BCUT2D eigenvalue weighted by Crippen LogP contribution is -2.33. The van der Waals surface area contributed by atoms with Crippen LogP contribution in [0.3, 0.4) is 0 Å². The molecule has 0 radical (unpaired) electrons. The smallest absolute Gasteiger partial charge is 0.191 e. The summed E-state index contributed by atoms with van der Waals surface area (Å²) >= 11 is 0. The molecule has 3 nitrogen and oxygen atoms in total. The van der Waals surface area contributed by atoms with Crippen molar-refractivity contribution in [1.82, 2.24) is 4.90 Å². The van der Waals surface area contributed by atoms with Crippen LogP contribution in [0.15, 0.2) is 35.3 Å². The van der Waals surface area contributed by atoms with Gasteiger partial charge in [-0.15, -0.1) is 12.4 Å². The molecule has 1 aliphatic rings. The molecule has 4 heteroatoms. The van der Waals surface area contributed by atoms with Crippen molar-refractivity contribution in [2.75, 3.05) is 6.54 Å². The summed E-state index contributed by atoms with van der Waals surface area (Å²) in [5.74, 6) is 0.668. The Morgan fingerprint density at radius 3 is 2.60 bits per heavy atom. The third kappa shape index (κ3) is 2.86. The summed E-state index contributed by atoms with van der Waals surface area (Å²) in [4.78, 5) is 6.40. The van der Waals surface area contributed by atoms with Crippen LogP contribution in [-0.2, 0) is 6.54 Å². The van der Waals surface area contributed by atoms with Crippen molar-refractivity contribution < 1.29 is 0 Å². The van der Waals surface area contributed by atoms with E-state index in [9.17, 15) is 0 Å². The van der Waals surface area contributed by atoms with Gasteiger partial charge in [0.05, 0.1) is 6.04 Å². The van der Waals surface area contributed by atoms with Crippen molar-refractivity contribution in [3.63, 3.8) is 0 Å². The van der Waals surface area contributed by atoms with Gasteiger partial charge in [0.25, 0.3) is 0 Å². The summed E-state index contributed by atoms with van der Waals surface area (Å²) in [5, 5.41) is 0. The molecule has 0 amide bonds. The second kappa shape index (κ2) is 5.03. The molecule has 0 aromatic heterocycles. The Morgan fingerprint density at radius 1 is 1.40 bits per heavy atom. The van der Waals surface area contributed by atoms with E-state index in [0.29, 0.717) is 12.0 Å². The van der Waals surface area contributed by atoms with Gasteiger partial charge in [-0.1, -0.05) is 30.3 Å². The minimum absolute atomic E-state index is 0. The Labute approximate surface area is 96.4 Å². The zero-order chi connectivity index (χ0) is 9.97. The van der Waals surface area contributed by atoms with Crippen molar-refractivity contribution in [2.24, 2.45) is 10.7 Å². The van der Waals surface area contributed by atoms with Crippen LogP contribution in [0.4, 0.5) is 0 Å². The highest BCUT2D eigenvalue weighted by atomic mass is 35.5. The van der Waals surface area contributed by atoms with Crippen molar-refractivity contribution in [1.29, 1.82) is 0 Å². The molecule has 0 fully saturated rings. The van der Waals surface area contributed by atoms with E-state index in [2.05, 4.69) is 28.9 Å². The molecule has 82 valence electrons. The molecule has 0 saturated carbocycles. The van der Waals surface area contributed by atoms with Crippen LogP contribution < -0.4 is 5.73 Å². The number of rotatable bonds is 2. The van der Waals surface area contributed by atoms with E-state index < -0.39 is 0 Å². The molecule has 2 N–H and O–H groups in total. The molecule has 1 atom stereocenters. The number of nitrogens with zero attached hydrogens (tertiary/aromatic N) is 2. The number of benzene rings is 1. The average Bonchev–Trinajstić information content (AvgIpc) is 2.47. The summed E-state index contributed by atoms with van der Waals surface area (Å²) in [6, 6.07) is 10.7. The molecule has 0 bridgehead atoms. The van der Waals surface area contributed by atoms with Crippen LogP contribution in [-0.4, -0.2) is 23.4 Å². The first-order valence-electron chi connectivity index (χ1n) is 4.88. The molecule has 15 heavy (non-hydrogen) atoms. The summed E-state index contributed by atoms with van der Waals surface area (Å²) in [7, 11) is 0. The number of aliphatic imine (C=N–C) groups is 1. The van der Waals surface area contributed by atoms with E-state index >= 15 is 0 Å². The van der Waals surface area contributed by atoms with Crippen LogP contribution in [0.2, 0.25) is 0 Å². The fourth-order valence-corrected chi connectivity index (χ4v) is 1.71. The van der Waals surface area contributed by atoms with E-state index in [1.165, 1.54) is 5.56 Å². The van der Waals surface area contributed by atoms with Gasteiger partial charge in [-0.05, 0) is 12.5 Å². The second-order valence-electron chi connectivity index (χ2n) is 3.70. The van der Waals surface area contributed by atoms with Crippen LogP contribution in [0.25, 0.3) is 0 Å². The highest BCUT2D eigenvalue weighted by Gasteiger charge is 2.19. The van der Waals surface area contributed by atoms with Gasteiger partial charge in [0.1, 0.15) is 0 Å². The molecular weight excluding hydrogens is 210 g/mol. The Bertz CT molecular complexity index is 337. The largest absolute Gasteiger partial charge is 0.370 e. The first-order chi connectivity index (χ1) is 6.75. The number of hydrogen-bond donors (Lipinski definition) is 1. The summed E-state index contributed by atoms with van der Waals surface area (Å²) in [5.41, 5.74) is 7.07. The molecular formula is C11H16ClN3. The van der Waals surface area contributed by atoms with Crippen molar-refractivity contribution in [3.8, 4) is 0 Å². The van der Waals surface area contributed by atoms with Crippen LogP contribution in [0.5, 0.6) is 0 Å². The Morgan fingerprint density at radius 2 is 2.07 bits per heavy atom. The summed E-state index contributed by atoms with van der Waals surface area (Å²) < 4.78 is 0. The van der Waals surface area contributed by atoms with Gasteiger partial charge < -0.3 is 10.6 Å². The Hall–Kier alpha value is -1.22. The Kier molecular flexibility index (Phi) is 3.97. The first kappa shape index (κ1) is 11.9. The zero-order valence-electron chi connectivity index (χ0n) is 8.76. The van der Waals surface area contributed by atoms with Crippen molar-refractivity contribution >= 4 is 18.4 Å². The van der Waals surface area contributed by atoms with Gasteiger partial charge in [0, 0.05) is 13.1 Å². The minimum Gasteiger partial charge on any atom is -0.370 e. The molecule has 0 aliphatic carbocycles. The highest BCUT2D eigenvalue weighted by Crippen LogP contribution is 2.10. The maximum atomic E-state index is 5.79. The van der Waals surface area contributed by atoms with Crippen molar-refractivity contribution in [2.45, 2.75) is 19.5 Å². The van der Waals surface area contributed by atoms with Crippen LogP contribution in [0, 0.1) is 0 Å². The molecule has 1 aliphatic heterocycles. The predicted octanol–water partition coefficient (Wildman–Crippen LogP) is 1.63. The third-order valence-corrected chi connectivity index (χ3v) is 2.38. The predicted molar refractivity (Wildman–Crippen MR) is 65.2 cm³/mol. The van der Waals surface area contributed by atoms with Gasteiger partial charge in [-0.3, -0.25) is 0 Å².